The molecule has 0 spiro atoms. The fourth-order valence-corrected chi connectivity index (χ4v) is 9.91. The first-order chi connectivity index (χ1) is 18.0. The van der Waals surface area contributed by atoms with Crippen LogP contribution in [-0.4, -0.2) is 87.1 Å². The number of esters is 1. The first-order valence-electron chi connectivity index (χ1n) is 14.6. The standard InChI is InChI=1S/C29H44O9/c1-15-23(32)24(33)25(34)26(37-15)38-18-5-9-28(14-30)17(12-18)3-4-21-20(28)6-8-27(2)19(7-10-29(21,27)35)16-11-22(31)36-13-16/h11,15,17-21,23-26,30,32-35H,3-10,12-14H2,1-2H3/t15-,17+,18-,19+,20-,21+,23-,24+,25+,26+,27+,28+,29-/m0/s1. The Labute approximate surface area is 224 Å². The lowest BCUT2D eigenvalue weighted by Crippen LogP contribution is -2.64. The molecule has 2 heterocycles. The van der Waals surface area contributed by atoms with Crippen molar-refractivity contribution in [3.8, 4) is 0 Å². The molecule has 4 saturated carbocycles. The van der Waals surface area contributed by atoms with Crippen LogP contribution in [0.2, 0.25) is 0 Å². The number of hydrogen-bond acceptors (Lipinski definition) is 9. The molecule has 2 aliphatic heterocycles. The number of rotatable bonds is 4. The molecule has 0 radical (unpaired) electrons. The van der Waals surface area contributed by atoms with E-state index in [2.05, 4.69) is 6.92 Å². The van der Waals surface area contributed by atoms with Gasteiger partial charge < -0.3 is 39.7 Å². The Kier molecular flexibility index (Phi) is 6.78. The van der Waals surface area contributed by atoms with Gasteiger partial charge in [0.1, 0.15) is 24.9 Å². The molecule has 0 amide bonds. The summed E-state index contributed by atoms with van der Waals surface area (Å²) in [5, 5.41) is 53.9. The Hall–Kier alpha value is -1.07. The molecule has 0 aromatic rings. The molecular formula is C29H44O9. The molecule has 5 fully saturated rings. The molecule has 214 valence electrons. The van der Waals surface area contributed by atoms with Gasteiger partial charge in [0.2, 0.25) is 0 Å². The van der Waals surface area contributed by atoms with Gasteiger partial charge in [0.05, 0.1) is 17.8 Å². The summed E-state index contributed by atoms with van der Waals surface area (Å²) < 4.78 is 17.1. The van der Waals surface area contributed by atoms with Gasteiger partial charge in [0.15, 0.2) is 6.29 Å². The predicted molar refractivity (Wildman–Crippen MR) is 134 cm³/mol. The third kappa shape index (κ3) is 3.80. The molecule has 0 aromatic heterocycles. The lowest BCUT2D eigenvalue weighted by atomic mass is 9.43. The van der Waals surface area contributed by atoms with Gasteiger partial charge in [0.25, 0.3) is 0 Å². The molecule has 6 aliphatic rings. The van der Waals surface area contributed by atoms with E-state index < -0.39 is 36.3 Å². The second-order valence-corrected chi connectivity index (χ2v) is 13.4. The van der Waals surface area contributed by atoms with Gasteiger partial charge >= 0.3 is 5.97 Å². The summed E-state index contributed by atoms with van der Waals surface area (Å²) in [6, 6.07) is 0. The lowest BCUT2D eigenvalue weighted by Gasteiger charge is -2.64. The van der Waals surface area contributed by atoms with Crippen LogP contribution in [0.5, 0.6) is 0 Å². The normalized spacial score (nSPS) is 54.5. The fourth-order valence-electron chi connectivity index (χ4n) is 9.91. The maximum atomic E-state index is 12.4. The molecule has 1 saturated heterocycles. The van der Waals surface area contributed by atoms with Crippen molar-refractivity contribution in [1.29, 1.82) is 0 Å². The van der Waals surface area contributed by atoms with Crippen molar-refractivity contribution >= 4 is 5.97 Å². The SMILES string of the molecule is C[C@@H]1O[C@H](O[C@H]2CC[C@@]3(CO)[C@H](CC[C@@H]4[C@@H]3CC[C@]3(C)[C@@H](C5=CC(=O)OC5)CC[C@]43O)C2)[C@H](O)[C@H](O)[C@H]1O. The highest BCUT2D eigenvalue weighted by Gasteiger charge is 2.68. The van der Waals surface area contributed by atoms with Gasteiger partial charge in [-0.1, -0.05) is 6.92 Å². The quantitative estimate of drug-likeness (QED) is 0.266. The Morgan fingerprint density at radius 1 is 1.00 bits per heavy atom. The smallest absolute Gasteiger partial charge is 0.331 e. The van der Waals surface area contributed by atoms with Crippen molar-refractivity contribution in [1.82, 2.24) is 0 Å². The number of hydrogen-bond donors (Lipinski definition) is 5. The largest absolute Gasteiger partial charge is 0.458 e. The van der Waals surface area contributed by atoms with Crippen molar-refractivity contribution in [2.24, 2.45) is 34.5 Å². The zero-order chi connectivity index (χ0) is 27.0. The first-order valence-corrected chi connectivity index (χ1v) is 14.6. The lowest BCUT2D eigenvalue weighted by molar-refractivity contribution is -0.311. The van der Waals surface area contributed by atoms with E-state index in [0.29, 0.717) is 19.4 Å². The van der Waals surface area contributed by atoms with E-state index in [9.17, 15) is 30.3 Å². The van der Waals surface area contributed by atoms with E-state index in [1.807, 2.05) is 0 Å². The Balaban J connectivity index is 1.19. The summed E-state index contributed by atoms with van der Waals surface area (Å²) >= 11 is 0. The van der Waals surface area contributed by atoms with Crippen LogP contribution in [0.1, 0.15) is 71.6 Å². The number of aliphatic hydroxyl groups excluding tert-OH is 4. The summed E-state index contributed by atoms with van der Waals surface area (Å²) in [7, 11) is 0. The predicted octanol–water partition coefficient (Wildman–Crippen LogP) is 1.43. The molecule has 0 unspecified atom stereocenters. The Bertz CT molecular complexity index is 970. The summed E-state index contributed by atoms with van der Waals surface area (Å²) in [5.41, 5.74) is -0.401. The fraction of sp³-hybridized carbons (Fsp3) is 0.897. The second kappa shape index (κ2) is 9.50. The van der Waals surface area contributed by atoms with Crippen molar-refractivity contribution in [2.45, 2.75) is 114 Å². The van der Waals surface area contributed by atoms with Gasteiger partial charge in [-0.25, -0.2) is 4.79 Å². The summed E-state index contributed by atoms with van der Waals surface area (Å²) in [6.07, 6.45) is 3.35. The minimum Gasteiger partial charge on any atom is -0.458 e. The van der Waals surface area contributed by atoms with Crippen molar-refractivity contribution in [3.05, 3.63) is 11.6 Å². The molecule has 6 rings (SSSR count). The number of aliphatic hydroxyl groups is 5. The van der Waals surface area contributed by atoms with Gasteiger partial charge in [-0.05, 0) is 99.4 Å². The number of fused-ring (bicyclic) bond motifs is 5. The summed E-state index contributed by atoms with van der Waals surface area (Å²) in [4.78, 5) is 11.8. The number of cyclic esters (lactones) is 1. The van der Waals surface area contributed by atoms with Gasteiger partial charge in [-0.15, -0.1) is 0 Å². The van der Waals surface area contributed by atoms with Crippen molar-refractivity contribution in [3.63, 3.8) is 0 Å². The van der Waals surface area contributed by atoms with Crippen molar-refractivity contribution in [2.75, 3.05) is 13.2 Å². The number of carbonyl (C=O) groups is 1. The van der Waals surface area contributed by atoms with Crippen LogP contribution >= 0.6 is 0 Å². The summed E-state index contributed by atoms with van der Waals surface area (Å²) in [5.74, 6) is 0.414. The van der Waals surface area contributed by atoms with Crippen LogP contribution in [-0.2, 0) is 19.0 Å². The van der Waals surface area contributed by atoms with Crippen LogP contribution in [0, 0.1) is 34.5 Å². The first kappa shape index (κ1) is 27.1. The van der Waals surface area contributed by atoms with Crippen LogP contribution in [0.15, 0.2) is 11.6 Å². The molecule has 38 heavy (non-hydrogen) atoms. The van der Waals surface area contributed by atoms with E-state index in [0.717, 1.165) is 50.5 Å². The van der Waals surface area contributed by atoms with E-state index in [1.54, 1.807) is 13.0 Å². The van der Waals surface area contributed by atoms with Crippen LogP contribution in [0.3, 0.4) is 0 Å². The van der Waals surface area contributed by atoms with E-state index in [4.69, 9.17) is 14.2 Å². The minimum atomic E-state index is -1.32. The average Bonchev–Trinajstić information content (AvgIpc) is 3.45. The second-order valence-electron chi connectivity index (χ2n) is 13.4. The minimum absolute atomic E-state index is 0.0831. The maximum Gasteiger partial charge on any atom is 0.331 e. The van der Waals surface area contributed by atoms with Gasteiger partial charge in [0, 0.05) is 18.1 Å². The van der Waals surface area contributed by atoms with Crippen LogP contribution in [0.25, 0.3) is 0 Å². The average molecular weight is 537 g/mol. The highest BCUT2D eigenvalue weighted by molar-refractivity contribution is 5.85. The van der Waals surface area contributed by atoms with Crippen molar-refractivity contribution < 1.29 is 44.5 Å². The maximum absolute atomic E-state index is 12.4. The van der Waals surface area contributed by atoms with Gasteiger partial charge in [-0.3, -0.25) is 0 Å². The van der Waals surface area contributed by atoms with E-state index in [-0.39, 0.29) is 53.2 Å². The Morgan fingerprint density at radius 3 is 2.50 bits per heavy atom. The third-order valence-corrected chi connectivity index (χ3v) is 12.1. The highest BCUT2D eigenvalue weighted by atomic mass is 16.7. The molecule has 4 aliphatic carbocycles. The van der Waals surface area contributed by atoms with E-state index in [1.165, 1.54) is 0 Å². The molecule has 13 atom stereocenters. The zero-order valence-electron chi connectivity index (χ0n) is 22.5. The molecule has 9 heteroatoms. The Morgan fingerprint density at radius 2 is 1.79 bits per heavy atom. The number of ether oxygens (including phenoxy) is 3. The molecule has 0 bridgehead atoms. The molecule has 9 nitrogen and oxygen atoms in total. The van der Waals surface area contributed by atoms with E-state index >= 15 is 0 Å². The third-order valence-electron chi connectivity index (χ3n) is 12.1. The molecule has 5 N–H and O–H groups in total. The van der Waals surface area contributed by atoms with Gasteiger partial charge in [-0.2, -0.15) is 0 Å². The van der Waals surface area contributed by atoms with Crippen LogP contribution in [0.4, 0.5) is 0 Å². The highest BCUT2D eigenvalue weighted by Crippen LogP contribution is 2.70. The number of carbonyl (C=O) groups excluding carboxylic acids is 1. The summed E-state index contributed by atoms with van der Waals surface area (Å²) in [6.45, 7) is 4.27. The monoisotopic (exact) mass is 536 g/mol. The molecular weight excluding hydrogens is 492 g/mol. The topological polar surface area (TPSA) is 146 Å². The zero-order valence-corrected chi connectivity index (χ0v) is 22.5. The van der Waals surface area contributed by atoms with Crippen LogP contribution < -0.4 is 0 Å². The molecule has 0 aromatic carbocycles.